The van der Waals surface area contributed by atoms with Crippen molar-refractivity contribution >= 4 is 23.4 Å². The summed E-state index contributed by atoms with van der Waals surface area (Å²) >= 11 is 6.08. The third kappa shape index (κ3) is 5.08. The zero-order valence-corrected chi connectivity index (χ0v) is 15.1. The zero-order valence-electron chi connectivity index (χ0n) is 14.4. The Balaban J connectivity index is 1.36. The van der Waals surface area contributed by atoms with E-state index < -0.39 is 0 Å². The Morgan fingerprint density at radius 1 is 1.08 bits per heavy atom. The minimum atomic E-state index is -0.198. The highest BCUT2D eigenvalue weighted by molar-refractivity contribution is 6.31. The summed E-state index contributed by atoms with van der Waals surface area (Å²) in [5, 5.41) is 6.50. The molecule has 0 aromatic heterocycles. The van der Waals surface area contributed by atoms with E-state index in [4.69, 9.17) is 11.6 Å². The molecular formula is C20H25ClN2O2. The molecule has 0 bridgehead atoms. The molecule has 0 spiro atoms. The molecule has 0 saturated heterocycles. The van der Waals surface area contributed by atoms with Crippen LogP contribution >= 0.6 is 11.6 Å². The van der Waals surface area contributed by atoms with Crippen LogP contribution in [0.4, 0.5) is 0 Å². The van der Waals surface area contributed by atoms with Crippen molar-refractivity contribution in [2.75, 3.05) is 6.54 Å². The fraction of sp³-hybridized carbons (Fsp3) is 0.500. The quantitative estimate of drug-likeness (QED) is 0.730. The van der Waals surface area contributed by atoms with Crippen LogP contribution in [0.25, 0.3) is 0 Å². The van der Waals surface area contributed by atoms with Gasteiger partial charge in [0, 0.05) is 18.1 Å². The van der Waals surface area contributed by atoms with Gasteiger partial charge in [0.15, 0.2) is 0 Å². The highest BCUT2D eigenvalue weighted by Crippen LogP contribution is 2.38. The first-order valence-corrected chi connectivity index (χ1v) is 9.49. The number of rotatable bonds is 7. The van der Waals surface area contributed by atoms with Crippen molar-refractivity contribution in [3.63, 3.8) is 0 Å². The summed E-state index contributed by atoms with van der Waals surface area (Å²) < 4.78 is 0. The standard InChI is InChI=1S/C20H25ClN2O2/c21-18-9-5-4-8-15(18)13-23-20(25)17-12-16(17)19(24)22-11-10-14-6-2-1-3-7-14/h4-6,8-9,16-17H,1-3,7,10-13H2,(H,22,24)(H,23,25). The highest BCUT2D eigenvalue weighted by atomic mass is 35.5. The molecule has 0 heterocycles. The molecule has 2 unspecified atom stereocenters. The molecule has 2 N–H and O–H groups in total. The van der Waals surface area contributed by atoms with E-state index in [1.54, 1.807) is 6.07 Å². The van der Waals surface area contributed by atoms with Gasteiger partial charge in [0.25, 0.3) is 0 Å². The number of halogens is 1. The van der Waals surface area contributed by atoms with E-state index in [2.05, 4.69) is 16.7 Å². The Morgan fingerprint density at radius 3 is 2.56 bits per heavy atom. The van der Waals surface area contributed by atoms with Crippen molar-refractivity contribution in [3.05, 3.63) is 46.5 Å². The molecule has 2 atom stereocenters. The normalized spacial score (nSPS) is 22.0. The lowest BCUT2D eigenvalue weighted by Gasteiger charge is -2.13. The zero-order chi connectivity index (χ0) is 17.6. The van der Waals surface area contributed by atoms with Crippen LogP contribution in [0.5, 0.6) is 0 Å². The molecule has 0 radical (unpaired) electrons. The van der Waals surface area contributed by atoms with E-state index in [0.717, 1.165) is 18.4 Å². The fourth-order valence-electron chi connectivity index (χ4n) is 3.34. The van der Waals surface area contributed by atoms with Gasteiger partial charge in [-0.2, -0.15) is 0 Å². The second-order valence-corrected chi connectivity index (χ2v) is 7.31. The number of carbonyl (C=O) groups is 2. The second-order valence-electron chi connectivity index (χ2n) is 6.91. The number of amides is 2. The number of benzene rings is 1. The van der Waals surface area contributed by atoms with Crippen molar-refractivity contribution in [2.45, 2.75) is 45.1 Å². The van der Waals surface area contributed by atoms with Crippen LogP contribution in [0.2, 0.25) is 5.02 Å². The fourth-order valence-corrected chi connectivity index (χ4v) is 3.54. The Labute approximate surface area is 154 Å². The lowest BCUT2D eigenvalue weighted by atomic mass is 9.97. The molecule has 4 nitrogen and oxygen atoms in total. The van der Waals surface area contributed by atoms with Gasteiger partial charge in [-0.3, -0.25) is 9.59 Å². The third-order valence-corrected chi connectivity index (χ3v) is 5.37. The summed E-state index contributed by atoms with van der Waals surface area (Å²) in [6.07, 6.45) is 8.74. The molecule has 2 amide bonds. The predicted molar refractivity (Wildman–Crippen MR) is 99.1 cm³/mol. The molecule has 1 saturated carbocycles. The van der Waals surface area contributed by atoms with Crippen LogP contribution in [0.1, 0.15) is 44.1 Å². The smallest absolute Gasteiger partial charge is 0.224 e. The Kier molecular flexibility index (Phi) is 6.14. The van der Waals surface area contributed by atoms with Gasteiger partial charge in [-0.05, 0) is 50.2 Å². The first kappa shape index (κ1) is 18.0. The van der Waals surface area contributed by atoms with Gasteiger partial charge in [0.2, 0.25) is 11.8 Å². The lowest BCUT2D eigenvalue weighted by Crippen LogP contribution is -2.30. The Morgan fingerprint density at radius 2 is 1.84 bits per heavy atom. The van der Waals surface area contributed by atoms with Crippen molar-refractivity contribution in [1.29, 1.82) is 0 Å². The summed E-state index contributed by atoms with van der Waals surface area (Å²) in [6.45, 7) is 1.08. The van der Waals surface area contributed by atoms with Crippen LogP contribution in [0, 0.1) is 11.8 Å². The van der Waals surface area contributed by atoms with E-state index in [1.807, 2.05) is 18.2 Å². The van der Waals surface area contributed by atoms with E-state index in [9.17, 15) is 9.59 Å². The second kappa shape index (κ2) is 8.52. The number of carbonyl (C=O) groups excluding carboxylic acids is 2. The Bertz CT molecular complexity index is 671. The number of hydrogen-bond donors (Lipinski definition) is 2. The average molecular weight is 361 g/mol. The first-order chi connectivity index (χ1) is 12.1. The van der Waals surface area contributed by atoms with Crippen molar-refractivity contribution in [1.82, 2.24) is 10.6 Å². The van der Waals surface area contributed by atoms with Gasteiger partial charge in [-0.25, -0.2) is 0 Å². The third-order valence-electron chi connectivity index (χ3n) is 5.01. The van der Waals surface area contributed by atoms with Gasteiger partial charge >= 0.3 is 0 Å². The molecular weight excluding hydrogens is 336 g/mol. The molecule has 2 aliphatic carbocycles. The molecule has 2 aliphatic rings. The van der Waals surface area contributed by atoms with E-state index >= 15 is 0 Å². The van der Waals surface area contributed by atoms with Gasteiger partial charge in [-0.1, -0.05) is 41.4 Å². The summed E-state index contributed by atoms with van der Waals surface area (Å²) in [5.41, 5.74) is 2.34. The molecule has 0 aliphatic heterocycles. The van der Waals surface area contributed by atoms with E-state index in [-0.39, 0.29) is 23.7 Å². The maximum atomic E-state index is 12.2. The van der Waals surface area contributed by atoms with Crippen LogP contribution in [0.3, 0.4) is 0 Å². The predicted octanol–water partition coefficient (Wildman–Crippen LogP) is 3.60. The highest BCUT2D eigenvalue weighted by Gasteiger charge is 2.47. The van der Waals surface area contributed by atoms with Crippen LogP contribution < -0.4 is 10.6 Å². The Hall–Kier alpha value is -1.81. The van der Waals surface area contributed by atoms with Crippen LogP contribution in [-0.4, -0.2) is 18.4 Å². The number of hydrogen-bond acceptors (Lipinski definition) is 2. The molecule has 134 valence electrons. The summed E-state index contributed by atoms with van der Waals surface area (Å²) in [5.74, 6) is -0.424. The van der Waals surface area contributed by atoms with Crippen molar-refractivity contribution in [2.24, 2.45) is 11.8 Å². The largest absolute Gasteiger partial charge is 0.356 e. The van der Waals surface area contributed by atoms with Gasteiger partial charge in [0.05, 0.1) is 11.8 Å². The van der Waals surface area contributed by atoms with Crippen molar-refractivity contribution in [3.8, 4) is 0 Å². The van der Waals surface area contributed by atoms with Crippen LogP contribution in [0.15, 0.2) is 35.9 Å². The maximum absolute atomic E-state index is 12.2. The molecule has 3 rings (SSSR count). The SMILES string of the molecule is O=C(NCCC1=CCCCC1)C1CC1C(=O)NCc1ccccc1Cl. The lowest BCUT2D eigenvalue weighted by molar-refractivity contribution is -0.127. The first-order valence-electron chi connectivity index (χ1n) is 9.12. The molecule has 5 heteroatoms. The molecule has 25 heavy (non-hydrogen) atoms. The topological polar surface area (TPSA) is 58.2 Å². The van der Waals surface area contributed by atoms with Gasteiger partial charge in [-0.15, -0.1) is 0 Å². The summed E-state index contributed by atoms with van der Waals surface area (Å²) in [7, 11) is 0. The molecule has 1 aromatic rings. The summed E-state index contributed by atoms with van der Waals surface area (Å²) in [4.78, 5) is 24.3. The minimum absolute atomic E-state index is 0.00861. The molecule has 1 aromatic carbocycles. The minimum Gasteiger partial charge on any atom is -0.356 e. The molecule has 1 fully saturated rings. The summed E-state index contributed by atoms with van der Waals surface area (Å²) in [6, 6.07) is 7.44. The van der Waals surface area contributed by atoms with Gasteiger partial charge < -0.3 is 10.6 Å². The van der Waals surface area contributed by atoms with Crippen molar-refractivity contribution < 1.29 is 9.59 Å². The monoisotopic (exact) mass is 360 g/mol. The van der Waals surface area contributed by atoms with E-state index in [0.29, 0.717) is 24.5 Å². The van der Waals surface area contributed by atoms with E-state index in [1.165, 1.54) is 24.8 Å². The number of allylic oxidation sites excluding steroid dienone is 1. The number of nitrogens with one attached hydrogen (secondary N) is 2. The van der Waals surface area contributed by atoms with Gasteiger partial charge in [0.1, 0.15) is 0 Å². The van der Waals surface area contributed by atoms with Crippen LogP contribution in [-0.2, 0) is 16.1 Å². The average Bonchev–Trinajstić information content (AvgIpc) is 3.43. The maximum Gasteiger partial charge on any atom is 0.224 e.